The fourth-order valence-electron chi connectivity index (χ4n) is 4.42. The Kier molecular flexibility index (Phi) is 3.59. The highest BCUT2D eigenvalue weighted by Gasteiger charge is 2.52. The molecule has 0 amide bonds. The number of ether oxygens (including phenoxy) is 3. The van der Waals surface area contributed by atoms with Crippen LogP contribution in [0, 0.1) is 5.92 Å². The lowest BCUT2D eigenvalue weighted by Gasteiger charge is -2.47. The molecule has 1 aromatic carbocycles. The number of hydrogen-bond acceptors (Lipinski definition) is 3. The summed E-state index contributed by atoms with van der Waals surface area (Å²) in [6.45, 7) is 6.36. The topological polar surface area (TPSA) is 27.7 Å². The van der Waals surface area contributed by atoms with Gasteiger partial charge in [0.05, 0.1) is 19.8 Å². The zero-order chi connectivity index (χ0) is 15.2. The third-order valence-corrected chi connectivity index (χ3v) is 6.05. The minimum Gasteiger partial charge on any atom is -0.493 e. The number of hydrogen-bond donors (Lipinski definition) is 0. The normalized spacial score (nSPS) is 32.7. The molecule has 4 heteroatoms. The van der Waals surface area contributed by atoms with Crippen LogP contribution >= 0.6 is 15.9 Å². The van der Waals surface area contributed by atoms with Crippen molar-refractivity contribution in [2.24, 2.45) is 5.92 Å². The summed E-state index contributed by atoms with van der Waals surface area (Å²) in [6.07, 6.45) is 6.00. The van der Waals surface area contributed by atoms with Gasteiger partial charge in [-0.25, -0.2) is 0 Å². The molecule has 2 heterocycles. The maximum Gasteiger partial charge on any atom is 0.168 e. The van der Waals surface area contributed by atoms with E-state index >= 15 is 0 Å². The average molecular weight is 365 g/mol. The maximum atomic E-state index is 6.04. The van der Waals surface area contributed by atoms with Crippen LogP contribution in [0.2, 0.25) is 0 Å². The van der Waals surface area contributed by atoms with Gasteiger partial charge in [-0.15, -0.1) is 6.58 Å². The molecule has 1 spiro atoms. The first-order valence-corrected chi connectivity index (χ1v) is 8.81. The lowest BCUT2D eigenvalue weighted by atomic mass is 9.60. The Morgan fingerprint density at radius 1 is 1.18 bits per heavy atom. The second-order valence-electron chi connectivity index (χ2n) is 6.53. The van der Waals surface area contributed by atoms with Crippen LogP contribution in [-0.2, 0) is 14.9 Å². The van der Waals surface area contributed by atoms with Gasteiger partial charge in [-0.1, -0.05) is 28.1 Å². The molecule has 4 rings (SSSR count). The van der Waals surface area contributed by atoms with Crippen molar-refractivity contribution < 1.29 is 14.2 Å². The van der Waals surface area contributed by atoms with E-state index in [4.69, 9.17) is 14.2 Å². The Labute approximate surface area is 139 Å². The average Bonchev–Trinajstić information content (AvgIpc) is 2.90. The molecule has 0 bridgehead atoms. The molecule has 0 aromatic heterocycles. The Hall–Kier alpha value is -0.840. The minimum atomic E-state index is -0.364. The second kappa shape index (κ2) is 5.36. The fraction of sp³-hybridized carbons (Fsp3) is 0.556. The van der Waals surface area contributed by atoms with Gasteiger partial charge in [0.1, 0.15) is 5.75 Å². The molecule has 2 fully saturated rings. The van der Waals surface area contributed by atoms with Crippen LogP contribution in [-0.4, -0.2) is 25.6 Å². The summed E-state index contributed by atoms with van der Waals surface area (Å²) >= 11 is 3.55. The van der Waals surface area contributed by atoms with Crippen molar-refractivity contribution in [3.8, 4) is 5.75 Å². The number of rotatable bonds is 1. The molecule has 1 saturated carbocycles. The van der Waals surface area contributed by atoms with Gasteiger partial charge in [-0.3, -0.25) is 0 Å². The largest absolute Gasteiger partial charge is 0.493 e. The summed E-state index contributed by atoms with van der Waals surface area (Å²) in [5, 5.41) is 0. The van der Waals surface area contributed by atoms with Gasteiger partial charge in [0, 0.05) is 28.3 Å². The van der Waals surface area contributed by atoms with Gasteiger partial charge >= 0.3 is 0 Å². The van der Waals surface area contributed by atoms with Crippen LogP contribution in [0.25, 0.3) is 0 Å². The van der Waals surface area contributed by atoms with E-state index in [1.807, 2.05) is 0 Å². The summed E-state index contributed by atoms with van der Waals surface area (Å²) in [5.41, 5.74) is 1.23. The lowest BCUT2D eigenvalue weighted by molar-refractivity contribution is -0.195. The summed E-state index contributed by atoms with van der Waals surface area (Å²) in [4.78, 5) is 0. The molecular weight excluding hydrogens is 344 g/mol. The molecule has 0 N–H and O–H groups in total. The van der Waals surface area contributed by atoms with E-state index in [0.717, 1.165) is 42.5 Å². The Morgan fingerprint density at radius 3 is 2.77 bits per heavy atom. The molecule has 1 saturated heterocycles. The Balaban J connectivity index is 1.77. The second-order valence-corrected chi connectivity index (χ2v) is 7.45. The van der Waals surface area contributed by atoms with Crippen molar-refractivity contribution in [3.05, 3.63) is 40.9 Å². The number of halogens is 1. The number of benzene rings is 1. The SMILES string of the molecule is C=CC12CCC3(CC1CCOc1cc(Br)ccc12)OCCO3. The molecule has 22 heavy (non-hydrogen) atoms. The summed E-state index contributed by atoms with van der Waals surface area (Å²) in [5.74, 6) is 1.07. The zero-order valence-corrected chi connectivity index (χ0v) is 14.2. The van der Waals surface area contributed by atoms with Crippen molar-refractivity contribution in [2.45, 2.75) is 36.9 Å². The van der Waals surface area contributed by atoms with E-state index in [1.54, 1.807) is 0 Å². The Bertz CT molecular complexity index is 594. The minimum absolute atomic E-state index is 0.0346. The van der Waals surface area contributed by atoms with E-state index in [2.05, 4.69) is 46.8 Å². The fourth-order valence-corrected chi connectivity index (χ4v) is 4.76. The van der Waals surface area contributed by atoms with Gasteiger partial charge < -0.3 is 14.2 Å². The molecule has 2 atom stereocenters. The standard InChI is InChI=1S/C18H21BrO3/c1-2-17-6-7-18(21-9-10-22-18)12-13(17)5-8-20-16-11-14(19)3-4-15(16)17/h2-4,11,13H,1,5-10,12H2. The molecule has 1 aromatic rings. The highest BCUT2D eigenvalue weighted by atomic mass is 79.9. The summed E-state index contributed by atoms with van der Waals surface area (Å²) < 4.78 is 19.0. The molecular formula is C18H21BrO3. The summed E-state index contributed by atoms with van der Waals surface area (Å²) in [7, 11) is 0. The third kappa shape index (κ3) is 2.15. The first-order valence-electron chi connectivity index (χ1n) is 8.02. The van der Waals surface area contributed by atoms with Crippen molar-refractivity contribution in [3.63, 3.8) is 0 Å². The predicted octanol–water partition coefficient (Wildman–Crippen LogP) is 4.20. The van der Waals surface area contributed by atoms with Crippen LogP contribution in [0.15, 0.2) is 35.3 Å². The van der Waals surface area contributed by atoms with Crippen LogP contribution in [0.4, 0.5) is 0 Å². The third-order valence-electron chi connectivity index (χ3n) is 5.55. The predicted molar refractivity (Wildman–Crippen MR) is 88.1 cm³/mol. The van der Waals surface area contributed by atoms with Crippen LogP contribution in [0.3, 0.4) is 0 Å². The molecule has 3 aliphatic rings. The Morgan fingerprint density at radius 2 is 2.00 bits per heavy atom. The molecule has 2 aliphatic heterocycles. The summed E-state index contributed by atoms with van der Waals surface area (Å²) in [6, 6.07) is 6.37. The maximum absolute atomic E-state index is 6.04. The van der Waals surface area contributed by atoms with E-state index in [9.17, 15) is 0 Å². The van der Waals surface area contributed by atoms with E-state index in [-0.39, 0.29) is 11.2 Å². The van der Waals surface area contributed by atoms with Gasteiger partial charge in [0.15, 0.2) is 5.79 Å². The highest BCUT2D eigenvalue weighted by Crippen LogP contribution is 2.55. The monoisotopic (exact) mass is 364 g/mol. The van der Waals surface area contributed by atoms with Crippen molar-refractivity contribution in [1.29, 1.82) is 0 Å². The van der Waals surface area contributed by atoms with Crippen LogP contribution in [0.5, 0.6) is 5.75 Å². The van der Waals surface area contributed by atoms with E-state index < -0.39 is 0 Å². The highest BCUT2D eigenvalue weighted by molar-refractivity contribution is 9.10. The van der Waals surface area contributed by atoms with Gasteiger partial charge in [-0.05, 0) is 30.9 Å². The molecule has 1 aliphatic carbocycles. The number of allylic oxidation sites excluding steroid dienone is 1. The zero-order valence-electron chi connectivity index (χ0n) is 12.6. The van der Waals surface area contributed by atoms with Gasteiger partial charge in [-0.2, -0.15) is 0 Å². The molecule has 0 radical (unpaired) electrons. The first kappa shape index (κ1) is 14.7. The van der Waals surface area contributed by atoms with Crippen molar-refractivity contribution in [2.75, 3.05) is 19.8 Å². The van der Waals surface area contributed by atoms with Crippen LogP contribution < -0.4 is 4.74 Å². The number of fused-ring (bicyclic) bond motifs is 3. The quantitative estimate of drug-likeness (QED) is 0.699. The van der Waals surface area contributed by atoms with Crippen molar-refractivity contribution in [1.82, 2.24) is 0 Å². The van der Waals surface area contributed by atoms with E-state index in [0.29, 0.717) is 19.1 Å². The molecule has 118 valence electrons. The van der Waals surface area contributed by atoms with Gasteiger partial charge in [0.25, 0.3) is 0 Å². The van der Waals surface area contributed by atoms with Crippen LogP contribution in [0.1, 0.15) is 31.2 Å². The molecule has 2 unspecified atom stereocenters. The first-order chi connectivity index (χ1) is 10.7. The van der Waals surface area contributed by atoms with Crippen molar-refractivity contribution >= 4 is 15.9 Å². The van der Waals surface area contributed by atoms with Gasteiger partial charge in [0.2, 0.25) is 0 Å². The smallest absolute Gasteiger partial charge is 0.168 e. The van der Waals surface area contributed by atoms with E-state index in [1.165, 1.54) is 5.56 Å². The lowest BCUT2D eigenvalue weighted by Crippen LogP contribution is -2.47. The molecule has 3 nitrogen and oxygen atoms in total.